The molecule has 19 heavy (non-hydrogen) atoms. The van der Waals surface area contributed by atoms with Crippen LogP contribution in [0.5, 0.6) is 0 Å². The number of nitrogens with zero attached hydrogens (tertiary/aromatic N) is 1. The highest BCUT2D eigenvalue weighted by molar-refractivity contribution is 9.11. The van der Waals surface area contributed by atoms with Gasteiger partial charge in [0.05, 0.1) is 9.89 Å². The Morgan fingerprint density at radius 3 is 2.95 bits per heavy atom. The summed E-state index contributed by atoms with van der Waals surface area (Å²) >= 11 is 5.10. The highest BCUT2D eigenvalue weighted by atomic mass is 79.9. The second-order valence-electron chi connectivity index (χ2n) is 4.97. The third-order valence-corrected chi connectivity index (χ3v) is 4.93. The lowest BCUT2D eigenvalue weighted by molar-refractivity contribution is 0.113. The second-order valence-corrected chi connectivity index (χ2v) is 7.52. The van der Waals surface area contributed by atoms with Gasteiger partial charge in [-0.05, 0) is 53.2 Å². The molecule has 0 aromatic carbocycles. The number of aliphatic hydroxyl groups is 1. The van der Waals surface area contributed by atoms with Gasteiger partial charge < -0.3 is 15.3 Å². The van der Waals surface area contributed by atoms with Crippen LogP contribution in [0.15, 0.2) is 15.9 Å². The van der Waals surface area contributed by atoms with Crippen LogP contribution in [0.1, 0.15) is 17.7 Å². The number of carbonyl (C=O) groups excluding carboxylic acids is 1. The zero-order valence-corrected chi connectivity index (χ0v) is 13.3. The predicted molar refractivity (Wildman–Crippen MR) is 80.5 cm³/mol. The molecule has 2 rings (SSSR count). The molecule has 1 atom stereocenters. The molecule has 2 N–H and O–H groups in total. The summed E-state index contributed by atoms with van der Waals surface area (Å²) in [6.45, 7) is 1.04. The van der Waals surface area contributed by atoms with Crippen LogP contribution in [-0.2, 0) is 6.42 Å². The molecule has 1 aliphatic carbocycles. The Balaban J connectivity index is 1.65. The molecule has 1 aromatic rings. The van der Waals surface area contributed by atoms with Crippen molar-refractivity contribution in [3.63, 3.8) is 0 Å². The SMILES string of the molecule is CN(C[C@H](O)C1CC1)C(=O)NCCc1ccc(Br)s1. The van der Waals surface area contributed by atoms with E-state index in [4.69, 9.17) is 0 Å². The number of urea groups is 1. The molecule has 4 nitrogen and oxygen atoms in total. The van der Waals surface area contributed by atoms with Crippen molar-refractivity contribution in [1.29, 1.82) is 0 Å². The lowest BCUT2D eigenvalue weighted by Crippen LogP contribution is -2.42. The summed E-state index contributed by atoms with van der Waals surface area (Å²) in [6, 6.07) is 3.96. The smallest absolute Gasteiger partial charge is 0.317 e. The van der Waals surface area contributed by atoms with Crippen LogP contribution in [0, 0.1) is 5.92 Å². The van der Waals surface area contributed by atoms with E-state index in [1.807, 2.05) is 6.07 Å². The van der Waals surface area contributed by atoms with Crippen molar-refractivity contribution < 1.29 is 9.90 Å². The summed E-state index contributed by atoms with van der Waals surface area (Å²) in [5.41, 5.74) is 0. The van der Waals surface area contributed by atoms with Crippen LogP contribution in [0.2, 0.25) is 0 Å². The molecular weight excluding hydrogens is 328 g/mol. The fraction of sp³-hybridized carbons (Fsp3) is 0.615. The third kappa shape index (κ3) is 4.78. The molecule has 0 radical (unpaired) electrons. The number of amides is 2. The summed E-state index contributed by atoms with van der Waals surface area (Å²) in [5.74, 6) is 0.402. The number of hydrogen-bond acceptors (Lipinski definition) is 3. The Hall–Kier alpha value is -0.590. The number of thiophene rings is 1. The van der Waals surface area contributed by atoms with Gasteiger partial charge in [-0.1, -0.05) is 0 Å². The van der Waals surface area contributed by atoms with Crippen LogP contribution in [0.25, 0.3) is 0 Å². The highest BCUT2D eigenvalue weighted by Gasteiger charge is 2.31. The maximum absolute atomic E-state index is 11.8. The van der Waals surface area contributed by atoms with Crippen LogP contribution >= 0.6 is 27.3 Å². The minimum atomic E-state index is -0.371. The van der Waals surface area contributed by atoms with Crippen molar-refractivity contribution in [3.05, 3.63) is 20.8 Å². The third-order valence-electron chi connectivity index (χ3n) is 3.25. The van der Waals surface area contributed by atoms with Gasteiger partial charge in [-0.15, -0.1) is 11.3 Å². The summed E-state index contributed by atoms with van der Waals surface area (Å²) < 4.78 is 1.11. The molecule has 1 heterocycles. The van der Waals surface area contributed by atoms with Crippen molar-refractivity contribution in [2.75, 3.05) is 20.1 Å². The number of halogens is 1. The Morgan fingerprint density at radius 2 is 2.37 bits per heavy atom. The van der Waals surface area contributed by atoms with Crippen LogP contribution < -0.4 is 5.32 Å². The molecule has 0 spiro atoms. The molecule has 6 heteroatoms. The lowest BCUT2D eigenvalue weighted by atomic mass is 10.2. The summed E-state index contributed by atoms with van der Waals surface area (Å²) in [5, 5.41) is 12.7. The monoisotopic (exact) mass is 346 g/mol. The fourth-order valence-corrected chi connectivity index (χ4v) is 3.39. The number of aliphatic hydroxyl groups excluding tert-OH is 1. The molecule has 106 valence electrons. The van der Waals surface area contributed by atoms with E-state index in [-0.39, 0.29) is 12.1 Å². The largest absolute Gasteiger partial charge is 0.391 e. The highest BCUT2D eigenvalue weighted by Crippen LogP contribution is 2.32. The van der Waals surface area contributed by atoms with Crippen molar-refractivity contribution in [2.24, 2.45) is 5.92 Å². The lowest BCUT2D eigenvalue weighted by Gasteiger charge is -2.21. The van der Waals surface area contributed by atoms with E-state index in [2.05, 4.69) is 27.3 Å². The summed E-state index contributed by atoms with van der Waals surface area (Å²) in [7, 11) is 1.72. The molecule has 1 aromatic heterocycles. The molecule has 0 saturated heterocycles. The predicted octanol–water partition coefficient (Wildman–Crippen LogP) is 2.47. The average Bonchev–Trinajstić information content (AvgIpc) is 3.13. The number of likely N-dealkylation sites (N-methyl/N-ethyl adjacent to an activating group) is 1. The molecular formula is C13H19BrN2O2S. The van der Waals surface area contributed by atoms with Gasteiger partial charge in [-0.25, -0.2) is 4.79 Å². The van der Waals surface area contributed by atoms with Crippen LogP contribution in [0.3, 0.4) is 0 Å². The minimum absolute atomic E-state index is 0.115. The Bertz CT molecular complexity index is 434. The van der Waals surface area contributed by atoms with Gasteiger partial charge in [-0.2, -0.15) is 0 Å². The first-order valence-electron chi connectivity index (χ1n) is 6.47. The number of nitrogens with one attached hydrogen (secondary N) is 1. The quantitative estimate of drug-likeness (QED) is 0.831. The Labute approximate surface area is 125 Å². The van der Waals surface area contributed by atoms with Crippen molar-refractivity contribution >= 4 is 33.3 Å². The van der Waals surface area contributed by atoms with E-state index >= 15 is 0 Å². The van der Waals surface area contributed by atoms with Gasteiger partial charge in [0.25, 0.3) is 0 Å². The average molecular weight is 347 g/mol. The maximum Gasteiger partial charge on any atom is 0.317 e. The Morgan fingerprint density at radius 1 is 1.63 bits per heavy atom. The van der Waals surface area contributed by atoms with Crippen molar-refractivity contribution in [3.8, 4) is 0 Å². The first-order chi connectivity index (χ1) is 9.06. The molecule has 1 saturated carbocycles. The molecule has 2 amide bonds. The molecule has 1 fully saturated rings. The molecule has 0 aliphatic heterocycles. The summed E-state index contributed by atoms with van der Waals surface area (Å²) in [6.07, 6.45) is 2.64. The van der Waals surface area contributed by atoms with E-state index in [0.29, 0.717) is 19.0 Å². The normalized spacial score (nSPS) is 16.2. The van der Waals surface area contributed by atoms with Crippen molar-refractivity contribution in [1.82, 2.24) is 10.2 Å². The van der Waals surface area contributed by atoms with Gasteiger partial charge in [0.15, 0.2) is 0 Å². The Kier molecular flexibility index (Phi) is 5.24. The van der Waals surface area contributed by atoms with Crippen LogP contribution in [-0.4, -0.2) is 42.3 Å². The van der Waals surface area contributed by atoms with E-state index in [1.54, 1.807) is 23.3 Å². The fourth-order valence-electron chi connectivity index (χ4n) is 1.91. The van der Waals surface area contributed by atoms with E-state index in [9.17, 15) is 9.90 Å². The van der Waals surface area contributed by atoms with Gasteiger partial charge >= 0.3 is 6.03 Å². The molecule has 1 aliphatic rings. The van der Waals surface area contributed by atoms with Gasteiger partial charge in [0, 0.05) is 25.0 Å². The van der Waals surface area contributed by atoms with E-state index < -0.39 is 0 Å². The van der Waals surface area contributed by atoms with Gasteiger partial charge in [-0.3, -0.25) is 0 Å². The van der Waals surface area contributed by atoms with Crippen LogP contribution in [0.4, 0.5) is 4.79 Å². The number of carbonyl (C=O) groups is 1. The zero-order valence-electron chi connectivity index (χ0n) is 10.9. The van der Waals surface area contributed by atoms with Crippen molar-refractivity contribution in [2.45, 2.75) is 25.4 Å². The van der Waals surface area contributed by atoms with Gasteiger partial charge in [0.2, 0.25) is 0 Å². The molecule has 0 bridgehead atoms. The molecule has 0 unspecified atom stereocenters. The second kappa shape index (κ2) is 6.72. The van der Waals surface area contributed by atoms with Gasteiger partial charge in [0.1, 0.15) is 0 Å². The van der Waals surface area contributed by atoms with E-state index in [0.717, 1.165) is 23.0 Å². The topological polar surface area (TPSA) is 52.6 Å². The zero-order chi connectivity index (χ0) is 13.8. The maximum atomic E-state index is 11.8. The standard InChI is InChI=1S/C13H19BrN2O2S/c1-16(8-11(17)9-2-3-9)13(18)15-7-6-10-4-5-12(14)19-10/h4-5,9,11,17H,2-3,6-8H2,1H3,(H,15,18)/t11-/m0/s1. The minimum Gasteiger partial charge on any atom is -0.391 e. The number of rotatable bonds is 6. The number of hydrogen-bond donors (Lipinski definition) is 2. The first kappa shape index (κ1) is 14.8. The first-order valence-corrected chi connectivity index (χ1v) is 8.08. The summed E-state index contributed by atoms with van der Waals surface area (Å²) in [4.78, 5) is 14.6. The van der Waals surface area contributed by atoms with E-state index in [1.165, 1.54) is 4.88 Å².